The fourth-order valence-corrected chi connectivity index (χ4v) is 2.77. The lowest BCUT2D eigenvalue weighted by molar-refractivity contribution is -0.119. The van der Waals surface area contributed by atoms with Gasteiger partial charge in [0.25, 0.3) is 0 Å². The van der Waals surface area contributed by atoms with Crippen molar-refractivity contribution >= 4 is 34.2 Å². The molecule has 0 saturated carbocycles. The van der Waals surface area contributed by atoms with Gasteiger partial charge in [-0.3, -0.25) is 4.79 Å². The van der Waals surface area contributed by atoms with Crippen molar-refractivity contribution in [2.45, 2.75) is 26.2 Å². The van der Waals surface area contributed by atoms with Crippen LogP contribution in [0.15, 0.2) is 24.3 Å². The number of anilines is 1. The molecular weight excluding hydrogens is 332 g/mol. The van der Waals surface area contributed by atoms with Gasteiger partial charge in [0.2, 0.25) is 11.0 Å². The Morgan fingerprint density at radius 1 is 1.35 bits per heavy atom. The van der Waals surface area contributed by atoms with Gasteiger partial charge in [-0.15, -0.1) is 0 Å². The molecule has 0 aliphatic heterocycles. The molecule has 1 N–H and O–H groups in total. The third-order valence-electron chi connectivity index (χ3n) is 3.29. The largest absolute Gasteiger partial charge is 0.355 e. The van der Waals surface area contributed by atoms with Crippen LogP contribution in [0.4, 0.5) is 5.13 Å². The summed E-state index contributed by atoms with van der Waals surface area (Å²) in [4.78, 5) is 18.1. The van der Waals surface area contributed by atoms with E-state index in [0.717, 1.165) is 40.9 Å². The number of aromatic nitrogens is 2. The van der Waals surface area contributed by atoms with Crippen molar-refractivity contribution in [3.63, 3.8) is 0 Å². The molecule has 0 fully saturated rings. The Bertz CT molecular complexity index is 629. The number of halogens is 1. The third-order valence-corrected chi connectivity index (χ3v) is 4.41. The molecule has 0 unspecified atom stereocenters. The average Bonchev–Trinajstić information content (AvgIpc) is 2.98. The number of amides is 1. The highest BCUT2D eigenvalue weighted by atomic mass is 35.5. The highest BCUT2D eigenvalue weighted by molar-refractivity contribution is 7.09. The lowest BCUT2D eigenvalue weighted by Gasteiger charge is -2.14. The van der Waals surface area contributed by atoms with Gasteiger partial charge in [0.05, 0.1) is 6.54 Å². The number of unbranched alkanes of at least 4 members (excludes halogenated alkanes) is 1. The first kappa shape index (κ1) is 17.7. The zero-order valence-corrected chi connectivity index (χ0v) is 15.0. The van der Waals surface area contributed by atoms with Gasteiger partial charge in [0.15, 0.2) is 0 Å². The van der Waals surface area contributed by atoms with Gasteiger partial charge in [-0.2, -0.15) is 4.37 Å². The standard InChI is InChI=1S/C16H21ClN4OS/c1-3-4-9-18-15(22)11-21(2)16-19-14(20-23-16)10-12-5-7-13(17)8-6-12/h5-8H,3-4,9-11H2,1-2H3,(H,18,22). The van der Waals surface area contributed by atoms with Crippen LogP contribution in [-0.2, 0) is 11.2 Å². The fourth-order valence-electron chi connectivity index (χ4n) is 2.00. The van der Waals surface area contributed by atoms with Crippen molar-refractivity contribution in [3.05, 3.63) is 40.7 Å². The Hall–Kier alpha value is -1.66. The predicted octanol–water partition coefficient (Wildman–Crippen LogP) is 3.13. The second kappa shape index (κ2) is 8.84. The molecule has 23 heavy (non-hydrogen) atoms. The molecule has 7 heteroatoms. The van der Waals surface area contributed by atoms with E-state index >= 15 is 0 Å². The van der Waals surface area contributed by atoms with Crippen LogP contribution in [0.2, 0.25) is 5.02 Å². The molecule has 0 aliphatic rings. The second-order valence-corrected chi connectivity index (χ2v) is 6.52. The predicted molar refractivity (Wildman–Crippen MR) is 95.4 cm³/mol. The van der Waals surface area contributed by atoms with Crippen LogP contribution in [0.3, 0.4) is 0 Å². The first-order chi connectivity index (χ1) is 11.1. The molecule has 0 spiro atoms. The van der Waals surface area contributed by atoms with E-state index < -0.39 is 0 Å². The number of rotatable bonds is 8. The van der Waals surface area contributed by atoms with Crippen molar-refractivity contribution in [3.8, 4) is 0 Å². The van der Waals surface area contributed by atoms with Gasteiger partial charge >= 0.3 is 0 Å². The molecule has 0 atom stereocenters. The average molecular weight is 353 g/mol. The normalized spacial score (nSPS) is 10.6. The number of nitrogens with one attached hydrogen (secondary N) is 1. The summed E-state index contributed by atoms with van der Waals surface area (Å²) >= 11 is 7.19. The van der Waals surface area contributed by atoms with Crippen LogP contribution in [-0.4, -0.2) is 35.4 Å². The summed E-state index contributed by atoms with van der Waals surface area (Å²) < 4.78 is 4.36. The minimum absolute atomic E-state index is 0.00963. The molecule has 2 aromatic rings. The summed E-state index contributed by atoms with van der Waals surface area (Å²) in [5, 5.41) is 4.37. The summed E-state index contributed by atoms with van der Waals surface area (Å²) in [5.41, 5.74) is 1.11. The van der Waals surface area contributed by atoms with Gasteiger partial charge in [0, 0.05) is 36.6 Å². The molecule has 0 radical (unpaired) electrons. The third kappa shape index (κ3) is 5.80. The van der Waals surface area contributed by atoms with Crippen molar-refractivity contribution in [2.75, 3.05) is 25.0 Å². The Balaban J connectivity index is 1.87. The minimum Gasteiger partial charge on any atom is -0.355 e. The minimum atomic E-state index is 0.00963. The van der Waals surface area contributed by atoms with E-state index in [-0.39, 0.29) is 5.91 Å². The monoisotopic (exact) mass is 352 g/mol. The van der Waals surface area contributed by atoms with E-state index in [1.807, 2.05) is 36.2 Å². The van der Waals surface area contributed by atoms with Crippen LogP contribution in [0.5, 0.6) is 0 Å². The Kier molecular flexibility index (Phi) is 6.80. The maximum Gasteiger partial charge on any atom is 0.239 e. The van der Waals surface area contributed by atoms with E-state index in [0.29, 0.717) is 13.0 Å². The smallest absolute Gasteiger partial charge is 0.239 e. The van der Waals surface area contributed by atoms with Crippen LogP contribution >= 0.6 is 23.1 Å². The lowest BCUT2D eigenvalue weighted by atomic mass is 10.1. The van der Waals surface area contributed by atoms with E-state index in [2.05, 4.69) is 21.6 Å². The van der Waals surface area contributed by atoms with Crippen molar-refractivity contribution in [1.29, 1.82) is 0 Å². The quantitative estimate of drug-likeness (QED) is 0.741. The zero-order chi connectivity index (χ0) is 16.7. The maximum absolute atomic E-state index is 11.8. The highest BCUT2D eigenvalue weighted by Gasteiger charge is 2.12. The first-order valence-corrected chi connectivity index (χ1v) is 8.78. The maximum atomic E-state index is 11.8. The zero-order valence-electron chi connectivity index (χ0n) is 13.4. The van der Waals surface area contributed by atoms with E-state index in [4.69, 9.17) is 11.6 Å². The molecule has 1 aromatic carbocycles. The lowest BCUT2D eigenvalue weighted by Crippen LogP contribution is -2.35. The van der Waals surface area contributed by atoms with Crippen LogP contribution in [0.25, 0.3) is 0 Å². The number of hydrogen-bond acceptors (Lipinski definition) is 5. The Morgan fingerprint density at radius 3 is 2.78 bits per heavy atom. The van der Waals surface area contributed by atoms with E-state index in [9.17, 15) is 4.79 Å². The number of benzene rings is 1. The number of nitrogens with zero attached hydrogens (tertiary/aromatic N) is 3. The molecule has 2 rings (SSSR count). The van der Waals surface area contributed by atoms with Crippen LogP contribution in [0.1, 0.15) is 31.2 Å². The van der Waals surface area contributed by atoms with E-state index in [1.165, 1.54) is 11.5 Å². The molecule has 1 amide bonds. The second-order valence-electron chi connectivity index (χ2n) is 5.36. The number of carbonyl (C=O) groups excluding carboxylic acids is 1. The van der Waals surface area contributed by atoms with Crippen molar-refractivity contribution < 1.29 is 4.79 Å². The first-order valence-electron chi connectivity index (χ1n) is 7.63. The SMILES string of the molecule is CCCCNC(=O)CN(C)c1nc(Cc2ccc(Cl)cc2)ns1. The topological polar surface area (TPSA) is 58.1 Å². The Labute approximate surface area is 145 Å². The summed E-state index contributed by atoms with van der Waals surface area (Å²) in [6, 6.07) is 7.65. The van der Waals surface area contributed by atoms with Crippen molar-refractivity contribution in [1.82, 2.24) is 14.7 Å². The molecule has 0 bridgehead atoms. The van der Waals surface area contributed by atoms with Crippen LogP contribution in [0, 0.1) is 0 Å². The van der Waals surface area contributed by atoms with E-state index in [1.54, 1.807) is 0 Å². The van der Waals surface area contributed by atoms with Crippen LogP contribution < -0.4 is 10.2 Å². The molecule has 0 saturated heterocycles. The highest BCUT2D eigenvalue weighted by Crippen LogP contribution is 2.18. The molecule has 124 valence electrons. The summed E-state index contributed by atoms with van der Waals surface area (Å²) in [7, 11) is 1.85. The molecule has 1 heterocycles. The number of hydrogen-bond donors (Lipinski definition) is 1. The van der Waals surface area contributed by atoms with Gasteiger partial charge < -0.3 is 10.2 Å². The van der Waals surface area contributed by atoms with Gasteiger partial charge in [0.1, 0.15) is 5.82 Å². The summed E-state index contributed by atoms with van der Waals surface area (Å²) in [6.07, 6.45) is 2.73. The molecule has 0 aliphatic carbocycles. The Morgan fingerprint density at radius 2 is 2.09 bits per heavy atom. The molecule has 5 nitrogen and oxygen atoms in total. The number of carbonyl (C=O) groups is 1. The van der Waals surface area contributed by atoms with Crippen molar-refractivity contribution in [2.24, 2.45) is 0 Å². The van der Waals surface area contributed by atoms with Gasteiger partial charge in [-0.25, -0.2) is 4.98 Å². The van der Waals surface area contributed by atoms with Gasteiger partial charge in [-0.05, 0) is 24.1 Å². The fraction of sp³-hybridized carbons (Fsp3) is 0.438. The van der Waals surface area contributed by atoms with Gasteiger partial charge in [-0.1, -0.05) is 37.1 Å². The summed E-state index contributed by atoms with van der Waals surface area (Å²) in [5.74, 6) is 0.765. The molecule has 1 aromatic heterocycles. The summed E-state index contributed by atoms with van der Waals surface area (Å²) in [6.45, 7) is 3.11. The molecular formula is C16H21ClN4OS. The number of likely N-dealkylation sites (N-methyl/N-ethyl adjacent to an activating group) is 1.